The molecule has 1 N–H and O–H groups in total. The molecule has 3 nitrogen and oxygen atoms in total. The van der Waals surface area contributed by atoms with Crippen LogP contribution < -0.4 is 5.32 Å². The third kappa shape index (κ3) is 5.28. The van der Waals surface area contributed by atoms with Crippen LogP contribution in [-0.4, -0.2) is 31.4 Å². The van der Waals surface area contributed by atoms with Crippen molar-refractivity contribution in [2.45, 2.75) is 12.5 Å². The second kappa shape index (κ2) is 9.15. The second-order valence-electron chi connectivity index (χ2n) is 6.93. The van der Waals surface area contributed by atoms with Crippen LogP contribution in [0.2, 0.25) is 0 Å². The third-order valence-corrected chi connectivity index (χ3v) is 4.73. The molecule has 3 aromatic rings. The predicted octanol–water partition coefficient (Wildman–Crippen LogP) is 4.32. The molecule has 0 aliphatic heterocycles. The standard InChI is InChI=1S/C24H26N2O/c1-26(2)23(22-11-7-4-8-12-22)18-25-24(27)17-19-13-15-21(16-14-19)20-9-5-3-6-10-20/h3-16,23H,17-18H2,1-2H3,(H,25,27)/t23-/m0/s1. The Labute approximate surface area is 161 Å². The molecule has 3 rings (SSSR count). The second-order valence-corrected chi connectivity index (χ2v) is 6.93. The third-order valence-electron chi connectivity index (χ3n) is 4.73. The van der Waals surface area contributed by atoms with Crippen molar-refractivity contribution in [1.82, 2.24) is 10.2 Å². The lowest BCUT2D eigenvalue weighted by Crippen LogP contribution is -2.35. The molecule has 1 amide bonds. The fourth-order valence-electron chi connectivity index (χ4n) is 3.18. The lowest BCUT2D eigenvalue weighted by atomic mass is 10.0. The van der Waals surface area contributed by atoms with E-state index in [4.69, 9.17) is 0 Å². The summed E-state index contributed by atoms with van der Waals surface area (Å²) in [6.07, 6.45) is 0.393. The molecule has 3 aromatic carbocycles. The van der Waals surface area contributed by atoms with Crippen LogP contribution in [0.5, 0.6) is 0 Å². The Balaban J connectivity index is 1.57. The van der Waals surface area contributed by atoms with E-state index in [-0.39, 0.29) is 11.9 Å². The molecule has 0 saturated carbocycles. The molecule has 0 radical (unpaired) electrons. The minimum atomic E-state index is 0.0465. The van der Waals surface area contributed by atoms with Gasteiger partial charge in [-0.05, 0) is 36.3 Å². The van der Waals surface area contributed by atoms with Gasteiger partial charge in [-0.15, -0.1) is 0 Å². The van der Waals surface area contributed by atoms with Crippen LogP contribution in [0.4, 0.5) is 0 Å². The maximum Gasteiger partial charge on any atom is 0.224 e. The van der Waals surface area contributed by atoms with Gasteiger partial charge < -0.3 is 10.2 Å². The largest absolute Gasteiger partial charge is 0.354 e. The number of hydrogen-bond donors (Lipinski definition) is 1. The summed E-state index contributed by atoms with van der Waals surface area (Å²) in [7, 11) is 4.07. The van der Waals surface area contributed by atoms with Gasteiger partial charge in [-0.2, -0.15) is 0 Å². The van der Waals surface area contributed by atoms with Gasteiger partial charge in [0.2, 0.25) is 5.91 Å². The highest BCUT2D eigenvalue weighted by Gasteiger charge is 2.15. The average molecular weight is 358 g/mol. The molecule has 138 valence electrons. The van der Waals surface area contributed by atoms with Crippen LogP contribution in [0.3, 0.4) is 0 Å². The van der Waals surface area contributed by atoms with Gasteiger partial charge in [-0.25, -0.2) is 0 Å². The molecule has 0 bridgehead atoms. The maximum absolute atomic E-state index is 12.4. The Hall–Kier alpha value is -2.91. The van der Waals surface area contributed by atoms with E-state index in [1.54, 1.807) is 0 Å². The van der Waals surface area contributed by atoms with E-state index < -0.39 is 0 Å². The van der Waals surface area contributed by atoms with Crippen molar-refractivity contribution in [3.05, 3.63) is 96.1 Å². The summed E-state index contributed by atoms with van der Waals surface area (Å²) in [6.45, 7) is 0.595. The highest BCUT2D eigenvalue weighted by Crippen LogP contribution is 2.20. The van der Waals surface area contributed by atoms with Crippen LogP contribution in [0.25, 0.3) is 11.1 Å². The molecule has 0 fully saturated rings. The van der Waals surface area contributed by atoms with Crippen LogP contribution in [0, 0.1) is 0 Å². The number of benzene rings is 3. The Morgan fingerprint density at radius 2 is 1.37 bits per heavy atom. The van der Waals surface area contributed by atoms with Crippen LogP contribution >= 0.6 is 0 Å². The van der Waals surface area contributed by atoms with Crippen molar-refractivity contribution >= 4 is 5.91 Å². The van der Waals surface area contributed by atoms with E-state index in [1.807, 2.05) is 62.6 Å². The lowest BCUT2D eigenvalue weighted by molar-refractivity contribution is -0.120. The van der Waals surface area contributed by atoms with Gasteiger partial charge in [-0.1, -0.05) is 84.9 Å². The number of nitrogens with zero attached hydrogens (tertiary/aromatic N) is 1. The highest BCUT2D eigenvalue weighted by atomic mass is 16.1. The van der Waals surface area contributed by atoms with Crippen molar-refractivity contribution in [2.75, 3.05) is 20.6 Å². The van der Waals surface area contributed by atoms with Gasteiger partial charge >= 0.3 is 0 Å². The van der Waals surface area contributed by atoms with E-state index in [0.717, 1.165) is 11.1 Å². The normalized spacial score (nSPS) is 12.0. The number of carbonyl (C=O) groups is 1. The summed E-state index contributed by atoms with van der Waals surface area (Å²) in [5, 5.41) is 3.08. The summed E-state index contributed by atoms with van der Waals surface area (Å²) in [5.74, 6) is 0.0465. The number of carbonyl (C=O) groups excluding carboxylic acids is 1. The minimum absolute atomic E-state index is 0.0465. The van der Waals surface area contributed by atoms with Crippen molar-refractivity contribution in [2.24, 2.45) is 0 Å². The summed E-state index contributed by atoms with van der Waals surface area (Å²) < 4.78 is 0. The van der Waals surface area contributed by atoms with Gasteiger partial charge in [-0.3, -0.25) is 4.79 Å². The molecular weight excluding hydrogens is 332 g/mol. The molecule has 0 saturated heterocycles. The van der Waals surface area contributed by atoms with Crippen molar-refractivity contribution < 1.29 is 4.79 Å². The Morgan fingerprint density at radius 3 is 1.96 bits per heavy atom. The molecule has 1 atom stereocenters. The quantitative estimate of drug-likeness (QED) is 0.682. The topological polar surface area (TPSA) is 32.3 Å². The van der Waals surface area contributed by atoms with E-state index in [0.29, 0.717) is 13.0 Å². The first-order chi connectivity index (χ1) is 13.1. The number of hydrogen-bond acceptors (Lipinski definition) is 2. The Kier molecular flexibility index (Phi) is 6.39. The molecule has 0 aromatic heterocycles. The molecule has 0 spiro atoms. The summed E-state index contributed by atoms with van der Waals surface area (Å²) in [5.41, 5.74) is 4.57. The summed E-state index contributed by atoms with van der Waals surface area (Å²) in [4.78, 5) is 14.5. The van der Waals surface area contributed by atoms with Crippen LogP contribution in [0.15, 0.2) is 84.9 Å². The van der Waals surface area contributed by atoms with E-state index in [9.17, 15) is 4.79 Å². The molecule has 3 heteroatoms. The van der Waals surface area contributed by atoms with Gasteiger partial charge in [0.05, 0.1) is 12.5 Å². The average Bonchev–Trinajstić information content (AvgIpc) is 2.70. The van der Waals surface area contributed by atoms with Gasteiger partial charge in [0.1, 0.15) is 0 Å². The first-order valence-electron chi connectivity index (χ1n) is 9.26. The van der Waals surface area contributed by atoms with E-state index in [2.05, 4.69) is 46.6 Å². The molecule has 0 unspecified atom stereocenters. The highest BCUT2D eigenvalue weighted by molar-refractivity contribution is 5.79. The fraction of sp³-hybridized carbons (Fsp3) is 0.208. The van der Waals surface area contributed by atoms with E-state index >= 15 is 0 Å². The van der Waals surface area contributed by atoms with Crippen molar-refractivity contribution in [1.29, 1.82) is 0 Å². The molecule has 27 heavy (non-hydrogen) atoms. The van der Waals surface area contributed by atoms with Crippen LogP contribution in [0.1, 0.15) is 17.2 Å². The SMILES string of the molecule is CN(C)[C@@H](CNC(=O)Cc1ccc(-c2ccccc2)cc1)c1ccccc1. The first-order valence-corrected chi connectivity index (χ1v) is 9.26. The number of rotatable bonds is 7. The monoisotopic (exact) mass is 358 g/mol. The zero-order valence-corrected chi connectivity index (χ0v) is 15.9. The number of likely N-dealkylation sites (N-methyl/N-ethyl adjacent to an activating group) is 1. The minimum Gasteiger partial charge on any atom is -0.354 e. The fourth-order valence-corrected chi connectivity index (χ4v) is 3.18. The zero-order valence-electron chi connectivity index (χ0n) is 15.9. The first kappa shape index (κ1) is 18.9. The summed E-state index contributed by atoms with van der Waals surface area (Å²) in [6, 6.07) is 28.9. The Morgan fingerprint density at radius 1 is 0.815 bits per heavy atom. The summed E-state index contributed by atoms with van der Waals surface area (Å²) >= 11 is 0. The lowest BCUT2D eigenvalue weighted by Gasteiger charge is -2.25. The van der Waals surface area contributed by atoms with Gasteiger partial charge in [0.25, 0.3) is 0 Å². The number of amides is 1. The Bertz CT molecular complexity index is 843. The van der Waals surface area contributed by atoms with Gasteiger partial charge in [0.15, 0.2) is 0 Å². The van der Waals surface area contributed by atoms with Crippen molar-refractivity contribution in [3.63, 3.8) is 0 Å². The molecule has 0 heterocycles. The van der Waals surface area contributed by atoms with Crippen molar-refractivity contribution in [3.8, 4) is 11.1 Å². The molecule has 0 aliphatic rings. The predicted molar refractivity (Wildman–Crippen MR) is 111 cm³/mol. The van der Waals surface area contributed by atoms with E-state index in [1.165, 1.54) is 11.1 Å². The van der Waals surface area contributed by atoms with Crippen LogP contribution in [-0.2, 0) is 11.2 Å². The molecular formula is C24H26N2O. The smallest absolute Gasteiger partial charge is 0.224 e. The zero-order chi connectivity index (χ0) is 19.1. The van der Waals surface area contributed by atoms with Gasteiger partial charge in [0, 0.05) is 6.54 Å². The maximum atomic E-state index is 12.4. The molecule has 0 aliphatic carbocycles. The number of nitrogens with one attached hydrogen (secondary N) is 1.